The van der Waals surface area contributed by atoms with E-state index in [9.17, 15) is 4.79 Å². The number of anilines is 1. The maximum Gasteiger partial charge on any atom is 0.227 e. The van der Waals surface area contributed by atoms with Gasteiger partial charge in [-0.3, -0.25) is 4.79 Å². The zero-order valence-electron chi connectivity index (χ0n) is 11.5. The van der Waals surface area contributed by atoms with Crippen LogP contribution in [0.1, 0.15) is 30.6 Å². The van der Waals surface area contributed by atoms with Gasteiger partial charge in [0.25, 0.3) is 0 Å². The highest BCUT2D eigenvalue weighted by Crippen LogP contribution is 2.27. The van der Waals surface area contributed by atoms with Gasteiger partial charge in [-0.05, 0) is 43.7 Å². The summed E-state index contributed by atoms with van der Waals surface area (Å²) in [5.41, 5.74) is 2.15. The third-order valence-electron chi connectivity index (χ3n) is 3.57. The summed E-state index contributed by atoms with van der Waals surface area (Å²) in [6.07, 6.45) is 3.75. The van der Waals surface area contributed by atoms with Crippen LogP contribution < -0.4 is 5.32 Å². The maximum atomic E-state index is 12.1. The minimum Gasteiger partial charge on any atom is -0.381 e. The molecule has 0 aromatic heterocycles. The molecule has 3 nitrogen and oxygen atoms in total. The minimum atomic E-state index is 0.0929. The first-order chi connectivity index (χ1) is 9.20. The molecule has 104 valence electrons. The number of carbonyl (C=O) groups excluding carboxylic acids is 1. The predicted octanol–water partition coefficient (Wildman–Crippen LogP) is 3.48. The summed E-state index contributed by atoms with van der Waals surface area (Å²) in [6.45, 7) is 3.56. The van der Waals surface area contributed by atoms with Crippen LogP contribution in [0.15, 0.2) is 24.3 Å². The quantitative estimate of drug-likeness (QED) is 0.917. The van der Waals surface area contributed by atoms with Crippen molar-refractivity contribution in [3.05, 3.63) is 29.8 Å². The normalized spacial score (nSPS) is 18.0. The Morgan fingerprint density at radius 2 is 2.16 bits per heavy atom. The SMILES string of the molecule is CSC(C)c1cccc(NC(=O)C2CCOCC2)c1. The maximum absolute atomic E-state index is 12.1. The number of benzene rings is 1. The van der Waals surface area contributed by atoms with Crippen LogP contribution in [0.5, 0.6) is 0 Å². The molecule has 1 fully saturated rings. The van der Waals surface area contributed by atoms with E-state index in [0.29, 0.717) is 18.5 Å². The number of hydrogen-bond acceptors (Lipinski definition) is 3. The van der Waals surface area contributed by atoms with Crippen molar-refractivity contribution >= 4 is 23.4 Å². The van der Waals surface area contributed by atoms with Gasteiger partial charge in [-0.25, -0.2) is 0 Å². The molecular weight excluding hydrogens is 258 g/mol. The molecule has 1 aromatic carbocycles. The highest BCUT2D eigenvalue weighted by atomic mass is 32.2. The zero-order valence-corrected chi connectivity index (χ0v) is 12.3. The van der Waals surface area contributed by atoms with Gasteiger partial charge in [0.05, 0.1) is 0 Å². The average Bonchev–Trinajstić information content (AvgIpc) is 2.47. The predicted molar refractivity (Wildman–Crippen MR) is 80.5 cm³/mol. The van der Waals surface area contributed by atoms with Crippen molar-refractivity contribution in [2.45, 2.75) is 25.0 Å². The lowest BCUT2D eigenvalue weighted by Crippen LogP contribution is -2.28. The standard InChI is InChI=1S/C15H21NO2S/c1-11(19-2)13-4-3-5-14(10-13)16-15(17)12-6-8-18-9-7-12/h3-5,10-12H,6-9H2,1-2H3,(H,16,17). The number of nitrogens with one attached hydrogen (secondary N) is 1. The van der Waals surface area contributed by atoms with Gasteiger partial charge in [-0.2, -0.15) is 11.8 Å². The Bertz CT molecular complexity index is 430. The summed E-state index contributed by atoms with van der Waals surface area (Å²) in [5, 5.41) is 3.47. The number of ether oxygens (including phenoxy) is 1. The van der Waals surface area contributed by atoms with Gasteiger partial charge in [-0.1, -0.05) is 12.1 Å². The number of thioether (sulfide) groups is 1. The summed E-state index contributed by atoms with van der Waals surface area (Å²) in [6, 6.07) is 8.12. The Kier molecular flexibility index (Phi) is 5.28. The van der Waals surface area contributed by atoms with E-state index in [2.05, 4.69) is 30.6 Å². The first kappa shape index (κ1) is 14.4. The highest BCUT2D eigenvalue weighted by Gasteiger charge is 2.21. The first-order valence-electron chi connectivity index (χ1n) is 6.72. The van der Waals surface area contributed by atoms with Crippen LogP contribution in [0.25, 0.3) is 0 Å². The Labute approximate surface area is 119 Å². The molecule has 1 saturated heterocycles. The van der Waals surface area contributed by atoms with Crippen LogP contribution in [0.2, 0.25) is 0 Å². The van der Waals surface area contributed by atoms with Crippen molar-refractivity contribution in [1.29, 1.82) is 0 Å². The van der Waals surface area contributed by atoms with Gasteiger partial charge in [-0.15, -0.1) is 0 Å². The molecule has 2 rings (SSSR count). The lowest BCUT2D eigenvalue weighted by molar-refractivity contribution is -0.122. The molecule has 1 N–H and O–H groups in total. The van der Waals surface area contributed by atoms with E-state index in [0.717, 1.165) is 18.5 Å². The van der Waals surface area contributed by atoms with Crippen molar-refractivity contribution in [2.75, 3.05) is 24.8 Å². The molecule has 1 aliphatic heterocycles. The molecular formula is C15H21NO2S. The fourth-order valence-electron chi connectivity index (χ4n) is 2.21. The summed E-state index contributed by atoms with van der Waals surface area (Å²) >= 11 is 1.80. The van der Waals surface area contributed by atoms with E-state index in [1.807, 2.05) is 12.1 Å². The van der Waals surface area contributed by atoms with E-state index in [1.165, 1.54) is 5.56 Å². The van der Waals surface area contributed by atoms with Crippen LogP contribution in [-0.4, -0.2) is 25.4 Å². The number of carbonyl (C=O) groups is 1. The Balaban J connectivity index is 2.00. The molecule has 0 radical (unpaired) electrons. The molecule has 1 aliphatic rings. The van der Waals surface area contributed by atoms with Crippen LogP contribution in [-0.2, 0) is 9.53 Å². The van der Waals surface area contributed by atoms with Crippen molar-refractivity contribution in [3.63, 3.8) is 0 Å². The molecule has 4 heteroatoms. The zero-order chi connectivity index (χ0) is 13.7. The Morgan fingerprint density at radius 3 is 2.84 bits per heavy atom. The fourth-order valence-corrected chi connectivity index (χ4v) is 2.63. The second-order valence-corrected chi connectivity index (χ2v) is 6.06. The second kappa shape index (κ2) is 6.96. The molecule has 0 bridgehead atoms. The number of rotatable bonds is 4. The summed E-state index contributed by atoms with van der Waals surface area (Å²) in [7, 11) is 0. The van der Waals surface area contributed by atoms with Gasteiger partial charge in [0.15, 0.2) is 0 Å². The summed E-state index contributed by atoms with van der Waals surface area (Å²) in [4.78, 5) is 12.1. The van der Waals surface area contributed by atoms with Gasteiger partial charge in [0.2, 0.25) is 5.91 Å². The molecule has 1 heterocycles. The molecule has 19 heavy (non-hydrogen) atoms. The molecule has 1 unspecified atom stereocenters. The third-order valence-corrected chi connectivity index (χ3v) is 4.55. The lowest BCUT2D eigenvalue weighted by atomic mass is 9.99. The van der Waals surface area contributed by atoms with E-state index >= 15 is 0 Å². The van der Waals surface area contributed by atoms with Crippen LogP contribution in [0.3, 0.4) is 0 Å². The second-order valence-electron chi connectivity index (χ2n) is 4.88. The van der Waals surface area contributed by atoms with E-state index in [-0.39, 0.29) is 11.8 Å². The summed E-state index contributed by atoms with van der Waals surface area (Å²) in [5.74, 6) is 0.215. The molecule has 1 amide bonds. The van der Waals surface area contributed by atoms with Gasteiger partial charge < -0.3 is 10.1 Å². The first-order valence-corrected chi connectivity index (χ1v) is 8.01. The third kappa shape index (κ3) is 3.98. The van der Waals surface area contributed by atoms with Crippen molar-refractivity contribution < 1.29 is 9.53 Å². The van der Waals surface area contributed by atoms with Crippen molar-refractivity contribution in [3.8, 4) is 0 Å². The van der Waals surface area contributed by atoms with Crippen molar-refractivity contribution in [1.82, 2.24) is 0 Å². The topological polar surface area (TPSA) is 38.3 Å². The molecule has 0 saturated carbocycles. The van der Waals surface area contributed by atoms with E-state index in [1.54, 1.807) is 11.8 Å². The largest absolute Gasteiger partial charge is 0.381 e. The van der Waals surface area contributed by atoms with E-state index in [4.69, 9.17) is 4.74 Å². The van der Waals surface area contributed by atoms with Crippen LogP contribution >= 0.6 is 11.8 Å². The molecule has 1 atom stereocenters. The van der Waals surface area contributed by atoms with Crippen molar-refractivity contribution in [2.24, 2.45) is 5.92 Å². The highest BCUT2D eigenvalue weighted by molar-refractivity contribution is 7.98. The molecule has 0 aliphatic carbocycles. The number of hydrogen-bond donors (Lipinski definition) is 1. The smallest absolute Gasteiger partial charge is 0.227 e. The average molecular weight is 279 g/mol. The molecule has 1 aromatic rings. The Hall–Kier alpha value is -1.00. The monoisotopic (exact) mass is 279 g/mol. The molecule has 0 spiro atoms. The van der Waals surface area contributed by atoms with Gasteiger partial charge in [0.1, 0.15) is 0 Å². The van der Waals surface area contributed by atoms with Crippen LogP contribution in [0.4, 0.5) is 5.69 Å². The van der Waals surface area contributed by atoms with E-state index < -0.39 is 0 Å². The number of amides is 1. The minimum absolute atomic E-state index is 0.0929. The lowest BCUT2D eigenvalue weighted by Gasteiger charge is -2.21. The van der Waals surface area contributed by atoms with Crippen LogP contribution in [0, 0.1) is 5.92 Å². The summed E-state index contributed by atoms with van der Waals surface area (Å²) < 4.78 is 5.28. The Morgan fingerprint density at radius 1 is 1.42 bits per heavy atom. The van der Waals surface area contributed by atoms with Gasteiger partial charge >= 0.3 is 0 Å². The van der Waals surface area contributed by atoms with Gasteiger partial charge in [0, 0.05) is 30.1 Å². The fraction of sp³-hybridized carbons (Fsp3) is 0.533.